The third kappa shape index (κ3) is 3.34. The first kappa shape index (κ1) is 19.1. The molecule has 30 heavy (non-hydrogen) atoms. The lowest BCUT2D eigenvalue weighted by atomic mass is 9.86. The van der Waals surface area contributed by atoms with Crippen LogP contribution < -0.4 is 4.74 Å². The Hall–Kier alpha value is -2.89. The standard InChI is InChI=1S/C25H25NO4/c1-28-20-11-9-19(10-12-20)16-26-17-25(14-13-18-6-3-2-4-7-18)22(24(26)27)23-21(30-25)8-5-15-29-23/h2-14,21-23H,15-17H2,1H3/b14-13+/t21-,22+,23+,25-/m0/s1. The molecule has 3 aliphatic heterocycles. The van der Waals surface area contributed by atoms with Crippen LogP contribution in [0.2, 0.25) is 0 Å². The fraction of sp³-hybridized carbons (Fsp3) is 0.320. The predicted octanol–water partition coefficient (Wildman–Crippen LogP) is 3.46. The molecule has 2 aromatic rings. The molecular weight excluding hydrogens is 378 g/mol. The highest BCUT2D eigenvalue weighted by atomic mass is 16.6. The van der Waals surface area contributed by atoms with E-state index in [4.69, 9.17) is 14.2 Å². The molecule has 0 saturated carbocycles. The van der Waals surface area contributed by atoms with E-state index in [9.17, 15) is 4.79 Å². The number of nitrogens with zero attached hydrogens (tertiary/aromatic N) is 1. The van der Waals surface area contributed by atoms with E-state index in [1.165, 1.54) is 0 Å². The topological polar surface area (TPSA) is 48.0 Å². The van der Waals surface area contributed by atoms with Gasteiger partial charge in [0.25, 0.3) is 0 Å². The van der Waals surface area contributed by atoms with Crippen molar-refractivity contribution in [2.45, 2.75) is 24.4 Å². The summed E-state index contributed by atoms with van der Waals surface area (Å²) in [6.45, 7) is 1.57. The van der Waals surface area contributed by atoms with Crippen molar-refractivity contribution >= 4 is 12.0 Å². The van der Waals surface area contributed by atoms with Crippen LogP contribution in [0.3, 0.4) is 0 Å². The van der Waals surface area contributed by atoms with E-state index in [1.54, 1.807) is 7.11 Å². The molecule has 4 atom stereocenters. The minimum atomic E-state index is -0.691. The minimum absolute atomic E-state index is 0.0892. The van der Waals surface area contributed by atoms with Crippen LogP contribution in [0.1, 0.15) is 11.1 Å². The minimum Gasteiger partial charge on any atom is -0.497 e. The first-order valence-electron chi connectivity index (χ1n) is 10.3. The number of rotatable bonds is 5. The lowest BCUT2D eigenvalue weighted by Crippen LogP contribution is -2.39. The van der Waals surface area contributed by atoms with Crippen LogP contribution in [0, 0.1) is 5.92 Å². The smallest absolute Gasteiger partial charge is 0.232 e. The quantitative estimate of drug-likeness (QED) is 0.718. The van der Waals surface area contributed by atoms with Crippen molar-refractivity contribution < 1.29 is 19.0 Å². The van der Waals surface area contributed by atoms with Gasteiger partial charge in [-0.2, -0.15) is 0 Å². The second kappa shape index (κ2) is 7.74. The normalized spacial score (nSPS) is 30.0. The Morgan fingerprint density at radius 3 is 2.73 bits per heavy atom. The average molecular weight is 403 g/mol. The van der Waals surface area contributed by atoms with Gasteiger partial charge < -0.3 is 19.1 Å². The van der Waals surface area contributed by atoms with Gasteiger partial charge in [-0.15, -0.1) is 0 Å². The van der Waals surface area contributed by atoms with Crippen LogP contribution in [0.4, 0.5) is 0 Å². The number of hydrogen-bond donors (Lipinski definition) is 0. The maximum absolute atomic E-state index is 13.5. The van der Waals surface area contributed by atoms with Crippen molar-refractivity contribution in [3.05, 3.63) is 84.0 Å². The monoisotopic (exact) mass is 403 g/mol. The number of fused-ring (bicyclic) bond motifs is 3. The van der Waals surface area contributed by atoms with Crippen LogP contribution in [0.25, 0.3) is 6.08 Å². The van der Waals surface area contributed by atoms with E-state index in [1.807, 2.05) is 71.6 Å². The summed E-state index contributed by atoms with van der Waals surface area (Å²) in [6, 6.07) is 17.9. The highest BCUT2D eigenvalue weighted by molar-refractivity contribution is 5.85. The van der Waals surface area contributed by atoms with Gasteiger partial charge in [0.1, 0.15) is 29.5 Å². The molecule has 3 heterocycles. The van der Waals surface area contributed by atoms with Gasteiger partial charge in [0, 0.05) is 6.54 Å². The molecule has 0 unspecified atom stereocenters. The van der Waals surface area contributed by atoms with Gasteiger partial charge >= 0.3 is 0 Å². The maximum atomic E-state index is 13.5. The van der Waals surface area contributed by atoms with E-state index in [2.05, 4.69) is 12.2 Å². The van der Waals surface area contributed by atoms with Crippen LogP contribution in [0.15, 0.2) is 72.8 Å². The molecule has 2 fully saturated rings. The lowest BCUT2D eigenvalue weighted by Gasteiger charge is -2.26. The zero-order valence-corrected chi connectivity index (χ0v) is 16.9. The van der Waals surface area contributed by atoms with Crippen molar-refractivity contribution in [1.82, 2.24) is 4.90 Å². The van der Waals surface area contributed by atoms with Gasteiger partial charge in [0.15, 0.2) is 0 Å². The van der Waals surface area contributed by atoms with Crippen molar-refractivity contribution in [1.29, 1.82) is 0 Å². The van der Waals surface area contributed by atoms with Gasteiger partial charge in [-0.25, -0.2) is 0 Å². The Kier molecular flexibility index (Phi) is 4.93. The predicted molar refractivity (Wildman–Crippen MR) is 114 cm³/mol. The zero-order valence-electron chi connectivity index (χ0n) is 16.9. The molecule has 2 aromatic carbocycles. The number of likely N-dealkylation sites (tertiary alicyclic amines) is 1. The highest BCUT2D eigenvalue weighted by Gasteiger charge is 2.63. The van der Waals surface area contributed by atoms with Crippen LogP contribution in [-0.2, 0) is 20.8 Å². The molecule has 0 aromatic heterocycles. The zero-order chi connectivity index (χ0) is 20.6. The van der Waals surface area contributed by atoms with Gasteiger partial charge in [-0.3, -0.25) is 4.79 Å². The molecule has 0 aliphatic carbocycles. The molecule has 154 valence electrons. The Labute approximate surface area is 176 Å². The maximum Gasteiger partial charge on any atom is 0.232 e. The van der Waals surface area contributed by atoms with Gasteiger partial charge in [-0.1, -0.05) is 60.7 Å². The van der Waals surface area contributed by atoms with Crippen molar-refractivity contribution in [3.63, 3.8) is 0 Å². The van der Waals surface area contributed by atoms with Crippen LogP contribution in [-0.4, -0.2) is 48.9 Å². The van der Waals surface area contributed by atoms with Crippen LogP contribution in [0.5, 0.6) is 5.75 Å². The van der Waals surface area contributed by atoms with Crippen molar-refractivity contribution in [3.8, 4) is 5.75 Å². The molecule has 5 nitrogen and oxygen atoms in total. The Bertz CT molecular complexity index is 968. The molecule has 0 spiro atoms. The fourth-order valence-electron chi connectivity index (χ4n) is 4.70. The largest absolute Gasteiger partial charge is 0.497 e. The summed E-state index contributed by atoms with van der Waals surface area (Å²) in [7, 11) is 1.65. The van der Waals surface area contributed by atoms with E-state index >= 15 is 0 Å². The van der Waals surface area contributed by atoms with Crippen molar-refractivity contribution in [2.24, 2.45) is 5.92 Å². The molecule has 3 aliphatic rings. The Morgan fingerprint density at radius 2 is 1.97 bits per heavy atom. The number of methoxy groups -OCH3 is 1. The summed E-state index contributed by atoms with van der Waals surface area (Å²) < 4.78 is 17.7. The number of amides is 1. The third-order valence-corrected chi connectivity index (χ3v) is 6.15. The first-order valence-corrected chi connectivity index (χ1v) is 10.3. The number of carbonyl (C=O) groups excluding carboxylic acids is 1. The van der Waals surface area contributed by atoms with Gasteiger partial charge in [0.05, 0.1) is 20.3 Å². The Balaban J connectivity index is 1.44. The average Bonchev–Trinajstić information content (AvgIpc) is 3.25. The molecule has 5 rings (SSSR count). The summed E-state index contributed by atoms with van der Waals surface area (Å²) in [5.74, 6) is 0.552. The molecule has 0 N–H and O–H groups in total. The van der Waals surface area contributed by atoms with E-state index in [0.717, 1.165) is 16.9 Å². The van der Waals surface area contributed by atoms with Crippen molar-refractivity contribution in [2.75, 3.05) is 20.3 Å². The second-order valence-electron chi connectivity index (χ2n) is 8.03. The van der Waals surface area contributed by atoms with E-state index in [0.29, 0.717) is 19.7 Å². The lowest BCUT2D eigenvalue weighted by molar-refractivity contribution is -0.135. The van der Waals surface area contributed by atoms with Gasteiger partial charge in [0.2, 0.25) is 5.91 Å². The number of ether oxygens (including phenoxy) is 3. The SMILES string of the molecule is COc1ccc(CN2C[C@]3(/C=C/c4ccccc4)O[C@H]4C=CCO[C@H]4[C@@H]3C2=O)cc1. The number of carbonyl (C=O) groups is 1. The molecule has 1 amide bonds. The summed E-state index contributed by atoms with van der Waals surface area (Å²) >= 11 is 0. The second-order valence-corrected chi connectivity index (χ2v) is 8.03. The molecule has 2 saturated heterocycles. The number of hydrogen-bond acceptors (Lipinski definition) is 4. The van der Waals surface area contributed by atoms with Gasteiger partial charge in [-0.05, 0) is 29.3 Å². The number of benzene rings is 2. The Morgan fingerprint density at radius 1 is 1.17 bits per heavy atom. The summed E-state index contributed by atoms with van der Waals surface area (Å²) in [5.41, 5.74) is 1.46. The summed E-state index contributed by atoms with van der Waals surface area (Å²) in [5, 5.41) is 0. The van der Waals surface area contributed by atoms with Crippen LogP contribution >= 0.6 is 0 Å². The molecule has 0 radical (unpaired) electrons. The van der Waals surface area contributed by atoms with E-state index in [-0.39, 0.29) is 24.0 Å². The highest BCUT2D eigenvalue weighted by Crippen LogP contribution is 2.47. The molecule has 0 bridgehead atoms. The summed E-state index contributed by atoms with van der Waals surface area (Å²) in [4.78, 5) is 15.4. The molecular formula is C25H25NO4. The first-order chi connectivity index (χ1) is 14.7. The fourth-order valence-corrected chi connectivity index (χ4v) is 4.70. The van der Waals surface area contributed by atoms with E-state index < -0.39 is 5.60 Å². The summed E-state index contributed by atoms with van der Waals surface area (Å²) in [6.07, 6.45) is 7.69. The molecule has 5 heteroatoms. The third-order valence-electron chi connectivity index (χ3n) is 6.15.